The van der Waals surface area contributed by atoms with Gasteiger partial charge in [0.15, 0.2) is 0 Å². The Morgan fingerprint density at radius 1 is 1.31 bits per heavy atom. The van der Waals surface area contributed by atoms with Crippen LogP contribution < -0.4 is 5.32 Å². The molecular weight excluding hydrogens is 196 g/mol. The first-order valence-corrected chi connectivity index (χ1v) is 6.38. The molecule has 1 N–H and O–H groups in total. The molecule has 1 aromatic rings. The van der Waals surface area contributed by atoms with Gasteiger partial charge in [-0.05, 0) is 55.7 Å². The summed E-state index contributed by atoms with van der Waals surface area (Å²) in [7, 11) is 0. The number of nitrogens with zero attached hydrogens (tertiary/aromatic N) is 1. The van der Waals surface area contributed by atoms with E-state index in [4.69, 9.17) is 0 Å². The Morgan fingerprint density at radius 2 is 2.06 bits per heavy atom. The molecule has 2 heteroatoms. The largest absolute Gasteiger partial charge is 0.310 e. The van der Waals surface area contributed by atoms with Crippen LogP contribution in [0.25, 0.3) is 0 Å². The number of pyridine rings is 1. The minimum atomic E-state index is 0.726. The van der Waals surface area contributed by atoms with Crippen molar-refractivity contribution in [2.24, 2.45) is 5.92 Å². The second-order valence-electron chi connectivity index (χ2n) is 5.14. The van der Waals surface area contributed by atoms with Crippen molar-refractivity contribution in [1.29, 1.82) is 0 Å². The van der Waals surface area contributed by atoms with E-state index >= 15 is 0 Å². The van der Waals surface area contributed by atoms with Crippen molar-refractivity contribution >= 4 is 0 Å². The molecule has 1 aromatic heterocycles. The van der Waals surface area contributed by atoms with Gasteiger partial charge in [0.1, 0.15) is 0 Å². The molecule has 0 unspecified atom stereocenters. The van der Waals surface area contributed by atoms with E-state index in [1.807, 2.05) is 12.4 Å². The fourth-order valence-electron chi connectivity index (χ4n) is 2.42. The smallest absolute Gasteiger partial charge is 0.0300 e. The fourth-order valence-corrected chi connectivity index (χ4v) is 2.42. The maximum Gasteiger partial charge on any atom is 0.0300 e. The first-order chi connectivity index (χ1) is 7.75. The summed E-state index contributed by atoms with van der Waals surface area (Å²) in [4.78, 5) is 4.12. The summed E-state index contributed by atoms with van der Waals surface area (Å²) in [6.07, 6.45) is 9.27. The van der Waals surface area contributed by atoms with Crippen LogP contribution in [-0.4, -0.2) is 11.0 Å². The molecule has 0 amide bonds. The molecule has 2 nitrogen and oxygen atoms in total. The second kappa shape index (κ2) is 5.44. The molecule has 1 heterocycles. The molecule has 1 aliphatic rings. The third-order valence-electron chi connectivity index (χ3n) is 3.73. The predicted octanol–water partition coefficient (Wildman–Crippen LogP) is 3.06. The lowest BCUT2D eigenvalue weighted by Crippen LogP contribution is -2.32. The van der Waals surface area contributed by atoms with Gasteiger partial charge in [-0.1, -0.05) is 6.92 Å². The Morgan fingerprint density at radius 3 is 2.75 bits per heavy atom. The molecule has 0 bridgehead atoms. The lowest BCUT2D eigenvalue weighted by molar-refractivity contribution is 0.306. The monoisotopic (exact) mass is 218 g/mol. The van der Waals surface area contributed by atoms with Crippen LogP contribution in [0.15, 0.2) is 18.5 Å². The van der Waals surface area contributed by atoms with Crippen LogP contribution >= 0.6 is 0 Å². The number of aromatic nitrogens is 1. The van der Waals surface area contributed by atoms with Gasteiger partial charge in [0, 0.05) is 25.0 Å². The first kappa shape index (κ1) is 11.6. The summed E-state index contributed by atoms with van der Waals surface area (Å²) < 4.78 is 0. The molecule has 1 fully saturated rings. The molecule has 0 saturated heterocycles. The van der Waals surface area contributed by atoms with Crippen molar-refractivity contribution in [2.75, 3.05) is 0 Å². The van der Waals surface area contributed by atoms with Crippen molar-refractivity contribution in [3.8, 4) is 0 Å². The van der Waals surface area contributed by atoms with Crippen molar-refractivity contribution in [3.63, 3.8) is 0 Å². The minimum absolute atomic E-state index is 0.726. The molecule has 0 aliphatic heterocycles. The van der Waals surface area contributed by atoms with Gasteiger partial charge in [-0.3, -0.25) is 4.98 Å². The summed E-state index contributed by atoms with van der Waals surface area (Å²) in [5, 5.41) is 3.67. The maximum absolute atomic E-state index is 4.12. The van der Waals surface area contributed by atoms with Crippen molar-refractivity contribution in [3.05, 3.63) is 29.6 Å². The molecule has 88 valence electrons. The van der Waals surface area contributed by atoms with E-state index in [0.717, 1.165) is 18.5 Å². The molecule has 0 atom stereocenters. The van der Waals surface area contributed by atoms with Crippen molar-refractivity contribution < 1.29 is 0 Å². The molecule has 2 rings (SSSR count). The fraction of sp³-hybridized carbons (Fsp3) is 0.643. The minimum Gasteiger partial charge on any atom is -0.310 e. The highest BCUT2D eigenvalue weighted by Gasteiger charge is 2.17. The van der Waals surface area contributed by atoms with Gasteiger partial charge in [-0.2, -0.15) is 0 Å². The average Bonchev–Trinajstić information content (AvgIpc) is 2.30. The number of hydrogen-bond donors (Lipinski definition) is 1. The van der Waals surface area contributed by atoms with Gasteiger partial charge in [-0.25, -0.2) is 0 Å². The van der Waals surface area contributed by atoms with E-state index in [9.17, 15) is 0 Å². The van der Waals surface area contributed by atoms with E-state index in [2.05, 4.69) is 30.2 Å². The topological polar surface area (TPSA) is 24.9 Å². The predicted molar refractivity (Wildman–Crippen MR) is 67.2 cm³/mol. The van der Waals surface area contributed by atoms with Crippen molar-refractivity contribution in [2.45, 2.75) is 52.1 Å². The summed E-state index contributed by atoms with van der Waals surface area (Å²) >= 11 is 0. The molecule has 16 heavy (non-hydrogen) atoms. The summed E-state index contributed by atoms with van der Waals surface area (Å²) in [5.41, 5.74) is 2.67. The van der Waals surface area contributed by atoms with Crippen molar-refractivity contribution in [1.82, 2.24) is 10.3 Å². The van der Waals surface area contributed by atoms with Gasteiger partial charge < -0.3 is 5.32 Å². The zero-order chi connectivity index (χ0) is 11.4. The quantitative estimate of drug-likeness (QED) is 0.843. The number of nitrogens with one attached hydrogen (secondary N) is 1. The molecular formula is C14H22N2. The van der Waals surface area contributed by atoms with Crippen LogP contribution in [0.1, 0.15) is 43.7 Å². The number of hydrogen-bond acceptors (Lipinski definition) is 2. The molecule has 1 aliphatic carbocycles. The molecule has 1 saturated carbocycles. The van der Waals surface area contributed by atoms with Crippen LogP contribution in [0.4, 0.5) is 0 Å². The Hall–Kier alpha value is -0.890. The van der Waals surface area contributed by atoms with Crippen LogP contribution in [0.2, 0.25) is 0 Å². The van der Waals surface area contributed by atoms with Gasteiger partial charge >= 0.3 is 0 Å². The van der Waals surface area contributed by atoms with Crippen LogP contribution in [0.3, 0.4) is 0 Å². The van der Waals surface area contributed by atoms with E-state index in [1.165, 1.54) is 36.8 Å². The van der Waals surface area contributed by atoms with E-state index in [1.54, 1.807) is 0 Å². The third-order valence-corrected chi connectivity index (χ3v) is 3.73. The standard InChI is InChI=1S/C14H22N2/c1-11-3-5-14(6-4-11)16-10-13-7-8-15-9-12(13)2/h7-9,11,14,16H,3-6,10H2,1-2H3. The summed E-state index contributed by atoms with van der Waals surface area (Å²) in [6.45, 7) is 5.49. The Balaban J connectivity index is 1.81. The normalized spacial score (nSPS) is 25.6. The SMILES string of the molecule is Cc1cnccc1CNC1CCC(C)CC1. The zero-order valence-electron chi connectivity index (χ0n) is 10.4. The van der Waals surface area contributed by atoms with Gasteiger partial charge in [0.2, 0.25) is 0 Å². The highest BCUT2D eigenvalue weighted by atomic mass is 14.9. The van der Waals surface area contributed by atoms with Crippen LogP contribution in [0.5, 0.6) is 0 Å². The van der Waals surface area contributed by atoms with Gasteiger partial charge in [0.05, 0.1) is 0 Å². The lowest BCUT2D eigenvalue weighted by atomic mass is 9.87. The molecule has 0 aromatic carbocycles. The highest BCUT2D eigenvalue weighted by molar-refractivity contribution is 5.21. The summed E-state index contributed by atoms with van der Waals surface area (Å²) in [5.74, 6) is 0.931. The van der Waals surface area contributed by atoms with E-state index in [0.29, 0.717) is 0 Å². The third kappa shape index (κ3) is 3.05. The summed E-state index contributed by atoms with van der Waals surface area (Å²) in [6, 6.07) is 2.84. The van der Waals surface area contributed by atoms with Crippen LogP contribution in [-0.2, 0) is 6.54 Å². The second-order valence-corrected chi connectivity index (χ2v) is 5.14. The number of rotatable bonds is 3. The van der Waals surface area contributed by atoms with Gasteiger partial charge in [0.25, 0.3) is 0 Å². The van der Waals surface area contributed by atoms with E-state index < -0.39 is 0 Å². The Bertz CT molecular complexity index is 327. The first-order valence-electron chi connectivity index (χ1n) is 6.38. The zero-order valence-corrected chi connectivity index (χ0v) is 10.4. The Labute approximate surface area is 98.5 Å². The Kier molecular flexibility index (Phi) is 3.94. The number of aryl methyl sites for hydroxylation is 1. The lowest BCUT2D eigenvalue weighted by Gasteiger charge is -2.27. The maximum atomic E-state index is 4.12. The molecule has 0 spiro atoms. The van der Waals surface area contributed by atoms with E-state index in [-0.39, 0.29) is 0 Å². The molecule has 0 radical (unpaired) electrons. The van der Waals surface area contributed by atoms with Gasteiger partial charge in [-0.15, -0.1) is 0 Å². The van der Waals surface area contributed by atoms with Crippen LogP contribution in [0, 0.1) is 12.8 Å². The average molecular weight is 218 g/mol. The highest BCUT2D eigenvalue weighted by Crippen LogP contribution is 2.23.